The number of benzene rings is 2. The Morgan fingerprint density at radius 1 is 1.10 bits per heavy atom. The first-order chi connectivity index (χ1) is 14.0. The van der Waals surface area contributed by atoms with Crippen LogP contribution < -0.4 is 5.32 Å². The van der Waals surface area contributed by atoms with Crippen molar-refractivity contribution in [1.29, 1.82) is 0 Å². The number of nitrogens with one attached hydrogen (secondary N) is 2. The number of fused-ring (bicyclic) bond motifs is 1. The van der Waals surface area contributed by atoms with E-state index < -0.39 is 0 Å². The maximum absolute atomic E-state index is 12.5. The van der Waals surface area contributed by atoms with E-state index in [0.29, 0.717) is 24.6 Å². The predicted octanol–water partition coefficient (Wildman–Crippen LogP) is 3.32. The summed E-state index contributed by atoms with van der Waals surface area (Å²) in [5.74, 6) is 1.09. The quantitative estimate of drug-likeness (QED) is 0.717. The van der Waals surface area contributed by atoms with Gasteiger partial charge in [0.05, 0.1) is 17.6 Å². The number of likely N-dealkylation sites (tertiary alicyclic amines) is 1. The van der Waals surface area contributed by atoms with E-state index in [-0.39, 0.29) is 18.4 Å². The number of aryl methyl sites for hydroxylation is 2. The second-order valence-electron chi connectivity index (χ2n) is 7.85. The summed E-state index contributed by atoms with van der Waals surface area (Å²) in [4.78, 5) is 34.8. The number of rotatable bonds is 4. The molecule has 0 aliphatic carbocycles. The Morgan fingerprint density at radius 3 is 2.48 bits per heavy atom. The smallest absolute Gasteiger partial charge is 0.251 e. The average molecular weight is 390 g/mol. The minimum Gasteiger partial charge on any atom is -0.343 e. The Balaban J connectivity index is 1.30. The summed E-state index contributed by atoms with van der Waals surface area (Å²) < 4.78 is 0. The van der Waals surface area contributed by atoms with Gasteiger partial charge in [-0.25, -0.2) is 4.98 Å². The average Bonchev–Trinajstić information content (AvgIpc) is 3.15. The second kappa shape index (κ2) is 8.07. The Labute approximate surface area is 170 Å². The van der Waals surface area contributed by atoms with Crippen molar-refractivity contribution in [1.82, 2.24) is 20.2 Å². The molecule has 0 bridgehead atoms. The number of hydrogen-bond acceptors (Lipinski definition) is 3. The second-order valence-corrected chi connectivity index (χ2v) is 7.85. The molecular weight excluding hydrogens is 364 g/mol. The highest BCUT2D eigenvalue weighted by molar-refractivity contribution is 5.96. The molecule has 6 nitrogen and oxygen atoms in total. The standard InChI is InChI=1S/C23H26N4O2/c1-15-11-16(2)13-18(12-15)23(29)24-14-21(28)27-9-7-17(8-10-27)22-25-19-5-3-4-6-20(19)26-22/h3-6,11-13,17H,7-10,14H2,1-2H3,(H,24,29)(H,25,26). The van der Waals surface area contributed by atoms with Gasteiger partial charge >= 0.3 is 0 Å². The number of nitrogens with zero attached hydrogens (tertiary/aromatic N) is 2. The number of carbonyl (C=O) groups excluding carboxylic acids is 2. The van der Waals surface area contributed by atoms with E-state index in [1.807, 2.05) is 61.2 Å². The molecule has 0 radical (unpaired) electrons. The first-order valence-electron chi connectivity index (χ1n) is 10.1. The molecule has 3 aromatic rings. The fourth-order valence-electron chi connectivity index (χ4n) is 4.04. The van der Waals surface area contributed by atoms with E-state index in [2.05, 4.69) is 10.3 Å². The summed E-state index contributed by atoms with van der Waals surface area (Å²) in [5.41, 5.74) is 4.70. The van der Waals surface area contributed by atoms with Gasteiger partial charge in [0.1, 0.15) is 5.82 Å². The first kappa shape index (κ1) is 19.2. The third-order valence-electron chi connectivity index (χ3n) is 5.53. The molecule has 1 saturated heterocycles. The number of piperidine rings is 1. The van der Waals surface area contributed by atoms with Crippen LogP contribution in [0.25, 0.3) is 11.0 Å². The van der Waals surface area contributed by atoms with Gasteiger partial charge in [0.15, 0.2) is 0 Å². The summed E-state index contributed by atoms with van der Waals surface area (Å²) in [6, 6.07) is 13.7. The van der Waals surface area contributed by atoms with Crippen molar-refractivity contribution in [2.45, 2.75) is 32.6 Å². The lowest BCUT2D eigenvalue weighted by molar-refractivity contribution is -0.131. The van der Waals surface area contributed by atoms with Crippen LogP contribution >= 0.6 is 0 Å². The van der Waals surface area contributed by atoms with E-state index >= 15 is 0 Å². The van der Waals surface area contributed by atoms with Gasteiger partial charge in [-0.15, -0.1) is 0 Å². The largest absolute Gasteiger partial charge is 0.343 e. The topological polar surface area (TPSA) is 78.1 Å². The van der Waals surface area contributed by atoms with Crippen molar-refractivity contribution >= 4 is 22.8 Å². The molecular formula is C23H26N4O2. The van der Waals surface area contributed by atoms with Crippen LogP contribution in [0.2, 0.25) is 0 Å². The summed E-state index contributed by atoms with van der Waals surface area (Å²) in [6.45, 7) is 5.31. The molecule has 1 aromatic heterocycles. The molecule has 0 atom stereocenters. The highest BCUT2D eigenvalue weighted by Gasteiger charge is 2.26. The molecule has 2 heterocycles. The highest BCUT2D eigenvalue weighted by atomic mass is 16.2. The van der Waals surface area contributed by atoms with Crippen molar-refractivity contribution in [3.63, 3.8) is 0 Å². The number of H-pyrrole nitrogens is 1. The Bertz CT molecular complexity index is 995. The molecule has 2 amide bonds. The van der Waals surface area contributed by atoms with Crippen LogP contribution in [0.1, 0.15) is 46.1 Å². The molecule has 150 valence electrons. The molecule has 2 N–H and O–H groups in total. The maximum Gasteiger partial charge on any atom is 0.251 e. The van der Waals surface area contributed by atoms with Crippen LogP contribution in [-0.4, -0.2) is 46.3 Å². The summed E-state index contributed by atoms with van der Waals surface area (Å²) >= 11 is 0. The number of aromatic amines is 1. The van der Waals surface area contributed by atoms with Gasteiger partial charge in [-0.1, -0.05) is 29.3 Å². The molecule has 1 fully saturated rings. The van der Waals surface area contributed by atoms with Crippen molar-refractivity contribution in [2.75, 3.05) is 19.6 Å². The minimum atomic E-state index is -0.206. The number of amides is 2. The van der Waals surface area contributed by atoms with Gasteiger partial charge in [0.2, 0.25) is 5.91 Å². The summed E-state index contributed by atoms with van der Waals surface area (Å²) in [6.07, 6.45) is 1.74. The third kappa shape index (κ3) is 4.31. The fraction of sp³-hybridized carbons (Fsp3) is 0.348. The SMILES string of the molecule is Cc1cc(C)cc(C(=O)NCC(=O)N2CCC(c3nc4ccccc4[nH]3)CC2)c1. The van der Waals surface area contributed by atoms with Gasteiger partial charge in [-0.05, 0) is 51.0 Å². The van der Waals surface area contributed by atoms with Gasteiger partial charge in [-0.2, -0.15) is 0 Å². The van der Waals surface area contributed by atoms with Crippen LogP contribution in [0, 0.1) is 13.8 Å². The normalized spacial score (nSPS) is 14.9. The van der Waals surface area contributed by atoms with Crippen molar-refractivity contribution in [3.8, 4) is 0 Å². The van der Waals surface area contributed by atoms with Gasteiger partial charge < -0.3 is 15.2 Å². The Morgan fingerprint density at radius 2 is 1.79 bits per heavy atom. The highest BCUT2D eigenvalue weighted by Crippen LogP contribution is 2.27. The van der Waals surface area contributed by atoms with E-state index in [4.69, 9.17) is 4.98 Å². The lowest BCUT2D eigenvalue weighted by atomic mass is 9.96. The first-order valence-corrected chi connectivity index (χ1v) is 10.1. The van der Waals surface area contributed by atoms with Crippen molar-refractivity contribution < 1.29 is 9.59 Å². The summed E-state index contributed by atoms with van der Waals surface area (Å²) in [5, 5.41) is 2.76. The van der Waals surface area contributed by atoms with Crippen LogP contribution in [0.4, 0.5) is 0 Å². The summed E-state index contributed by atoms with van der Waals surface area (Å²) in [7, 11) is 0. The molecule has 0 unspecified atom stereocenters. The van der Waals surface area contributed by atoms with E-state index in [1.165, 1.54) is 0 Å². The monoisotopic (exact) mass is 390 g/mol. The van der Waals surface area contributed by atoms with Crippen molar-refractivity contribution in [3.05, 3.63) is 65.0 Å². The molecule has 4 rings (SSSR count). The van der Waals surface area contributed by atoms with Crippen LogP contribution in [0.15, 0.2) is 42.5 Å². The molecule has 0 spiro atoms. The zero-order valence-electron chi connectivity index (χ0n) is 16.9. The van der Waals surface area contributed by atoms with Gasteiger partial charge in [0, 0.05) is 24.6 Å². The number of hydrogen-bond donors (Lipinski definition) is 2. The van der Waals surface area contributed by atoms with E-state index in [9.17, 15) is 9.59 Å². The Hall–Kier alpha value is -3.15. The number of para-hydroxylation sites is 2. The number of imidazole rings is 1. The molecule has 1 aliphatic rings. The molecule has 0 saturated carbocycles. The maximum atomic E-state index is 12.5. The number of carbonyl (C=O) groups is 2. The molecule has 29 heavy (non-hydrogen) atoms. The molecule has 2 aromatic carbocycles. The Kier molecular flexibility index (Phi) is 5.34. The lowest BCUT2D eigenvalue weighted by Crippen LogP contribution is -2.43. The van der Waals surface area contributed by atoms with E-state index in [1.54, 1.807) is 0 Å². The minimum absolute atomic E-state index is 0.0289. The zero-order chi connectivity index (χ0) is 20.4. The van der Waals surface area contributed by atoms with Crippen LogP contribution in [0.3, 0.4) is 0 Å². The van der Waals surface area contributed by atoms with Gasteiger partial charge in [0.25, 0.3) is 5.91 Å². The van der Waals surface area contributed by atoms with Crippen molar-refractivity contribution in [2.24, 2.45) is 0 Å². The van der Waals surface area contributed by atoms with E-state index in [0.717, 1.165) is 40.8 Å². The van der Waals surface area contributed by atoms with Gasteiger partial charge in [-0.3, -0.25) is 9.59 Å². The number of aromatic nitrogens is 2. The fourth-order valence-corrected chi connectivity index (χ4v) is 4.04. The lowest BCUT2D eigenvalue weighted by Gasteiger charge is -2.31. The zero-order valence-corrected chi connectivity index (χ0v) is 16.9. The third-order valence-corrected chi connectivity index (χ3v) is 5.53. The molecule has 6 heteroatoms. The molecule has 1 aliphatic heterocycles. The van der Waals surface area contributed by atoms with Crippen LogP contribution in [0.5, 0.6) is 0 Å². The predicted molar refractivity (Wildman–Crippen MR) is 113 cm³/mol. The van der Waals surface area contributed by atoms with Crippen LogP contribution in [-0.2, 0) is 4.79 Å².